The number of aliphatic hydroxyl groups excluding tert-OH is 1. The fraction of sp³-hybridized carbons (Fsp3) is 0.364. The molecule has 4 rings (SSSR count). The average Bonchev–Trinajstić information content (AvgIpc) is 3.33. The van der Waals surface area contributed by atoms with Crippen LogP contribution in [0, 0.1) is 6.92 Å². The number of rotatable bonds is 11. The van der Waals surface area contributed by atoms with Crippen LogP contribution in [0.3, 0.4) is 0 Å². The van der Waals surface area contributed by atoms with Crippen LogP contribution in [0.2, 0.25) is 0 Å². The van der Waals surface area contributed by atoms with Gasteiger partial charge in [-0.3, -0.25) is 9.59 Å². The Kier molecular flexibility index (Phi) is 10.7. The zero-order valence-corrected chi connectivity index (χ0v) is 25.8. The number of ether oxygens (including phenoxy) is 1. The number of aliphatic hydroxyl groups is 1. The topological polar surface area (TPSA) is 120 Å². The lowest BCUT2D eigenvalue weighted by Gasteiger charge is -2.33. The van der Waals surface area contributed by atoms with E-state index in [9.17, 15) is 19.5 Å². The standard InChI is InChI=1S/C33H40N4O5S/c1-22-10-8-9-13-25(22)20-34-30(39)29-33(2,3)43-21-37(29)31(40)28(38)27(18-23-11-6-5-7-12-23)36-32(41)35-19-24-14-16-26(42-4)17-15-24/h5-17,27-29,38H,18-21H2,1-4H3,(H,34,39)(H2,35,36,41). The van der Waals surface area contributed by atoms with E-state index in [2.05, 4.69) is 16.0 Å². The van der Waals surface area contributed by atoms with E-state index in [0.717, 1.165) is 22.3 Å². The Morgan fingerprint density at radius 1 is 0.953 bits per heavy atom. The summed E-state index contributed by atoms with van der Waals surface area (Å²) >= 11 is 1.48. The van der Waals surface area contributed by atoms with Gasteiger partial charge in [-0.2, -0.15) is 0 Å². The van der Waals surface area contributed by atoms with Crippen LogP contribution in [0.15, 0.2) is 78.9 Å². The van der Waals surface area contributed by atoms with E-state index in [0.29, 0.717) is 12.3 Å². The van der Waals surface area contributed by atoms with Crippen molar-refractivity contribution in [1.82, 2.24) is 20.9 Å². The van der Waals surface area contributed by atoms with E-state index < -0.39 is 34.9 Å². The largest absolute Gasteiger partial charge is 0.497 e. The van der Waals surface area contributed by atoms with Crippen LogP contribution in [0.1, 0.15) is 36.1 Å². The Hall–Kier alpha value is -4.02. The second-order valence-electron chi connectivity index (χ2n) is 11.1. The van der Waals surface area contributed by atoms with E-state index >= 15 is 0 Å². The third kappa shape index (κ3) is 8.30. The molecule has 1 fully saturated rings. The highest BCUT2D eigenvalue weighted by molar-refractivity contribution is 8.00. The number of carbonyl (C=O) groups is 3. The second-order valence-corrected chi connectivity index (χ2v) is 12.7. The summed E-state index contributed by atoms with van der Waals surface area (Å²) in [7, 11) is 1.59. The molecule has 0 aromatic heterocycles. The molecule has 4 N–H and O–H groups in total. The van der Waals surface area contributed by atoms with Gasteiger partial charge >= 0.3 is 6.03 Å². The number of methoxy groups -OCH3 is 1. The number of thioether (sulfide) groups is 1. The van der Waals surface area contributed by atoms with Crippen molar-refractivity contribution in [2.75, 3.05) is 13.0 Å². The fourth-order valence-corrected chi connectivity index (χ4v) is 6.24. The third-order valence-corrected chi connectivity index (χ3v) is 9.03. The SMILES string of the molecule is COc1ccc(CNC(=O)NC(Cc2ccccc2)C(O)C(=O)N2CSC(C)(C)C2C(=O)NCc2ccccc2C)cc1. The van der Waals surface area contributed by atoms with Gasteiger partial charge in [0.05, 0.1) is 19.0 Å². The fourth-order valence-electron chi connectivity index (χ4n) is 5.10. The minimum absolute atomic E-state index is 0.220. The second kappa shape index (κ2) is 14.4. The predicted molar refractivity (Wildman–Crippen MR) is 169 cm³/mol. The summed E-state index contributed by atoms with van der Waals surface area (Å²) in [5, 5.41) is 20.0. The molecule has 4 amide bonds. The molecule has 0 radical (unpaired) electrons. The van der Waals surface area contributed by atoms with E-state index in [-0.39, 0.29) is 24.7 Å². The summed E-state index contributed by atoms with van der Waals surface area (Å²) < 4.78 is 4.60. The average molecular weight is 605 g/mol. The summed E-state index contributed by atoms with van der Waals surface area (Å²) in [6.45, 7) is 6.40. The number of hydrogen-bond acceptors (Lipinski definition) is 6. The molecular formula is C33H40N4O5S. The van der Waals surface area contributed by atoms with Crippen molar-refractivity contribution >= 4 is 29.6 Å². The molecule has 1 saturated heterocycles. The molecule has 43 heavy (non-hydrogen) atoms. The highest BCUT2D eigenvalue weighted by Gasteiger charge is 2.49. The number of nitrogens with one attached hydrogen (secondary N) is 3. The number of hydrogen-bond donors (Lipinski definition) is 4. The van der Waals surface area contributed by atoms with Gasteiger partial charge in [0.15, 0.2) is 6.10 Å². The highest BCUT2D eigenvalue weighted by Crippen LogP contribution is 2.40. The van der Waals surface area contributed by atoms with E-state index in [1.165, 1.54) is 16.7 Å². The quantitative estimate of drug-likeness (QED) is 0.265. The molecule has 3 aromatic carbocycles. The van der Waals surface area contributed by atoms with Crippen LogP contribution in [0.5, 0.6) is 5.75 Å². The Labute approximate surface area is 257 Å². The molecule has 1 heterocycles. The van der Waals surface area contributed by atoms with Crippen molar-refractivity contribution in [3.05, 3.63) is 101 Å². The van der Waals surface area contributed by atoms with Gasteiger partial charge in [0.2, 0.25) is 5.91 Å². The first-order valence-electron chi connectivity index (χ1n) is 14.2. The van der Waals surface area contributed by atoms with Crippen LogP contribution in [0.4, 0.5) is 4.79 Å². The lowest BCUT2D eigenvalue weighted by Crippen LogP contribution is -2.59. The maximum atomic E-state index is 13.8. The number of carbonyl (C=O) groups excluding carboxylic acids is 3. The molecule has 3 aromatic rings. The predicted octanol–water partition coefficient (Wildman–Crippen LogP) is 3.77. The molecule has 228 valence electrons. The molecule has 1 aliphatic heterocycles. The molecule has 0 saturated carbocycles. The lowest BCUT2D eigenvalue weighted by molar-refractivity contribution is -0.147. The number of benzene rings is 3. The Bertz CT molecular complexity index is 1400. The zero-order valence-electron chi connectivity index (χ0n) is 25.0. The van der Waals surface area contributed by atoms with Gasteiger partial charge in [0, 0.05) is 17.8 Å². The first-order valence-corrected chi connectivity index (χ1v) is 15.2. The molecule has 0 spiro atoms. The third-order valence-electron chi connectivity index (χ3n) is 7.65. The molecule has 0 bridgehead atoms. The van der Waals surface area contributed by atoms with Crippen molar-refractivity contribution in [3.8, 4) is 5.75 Å². The highest BCUT2D eigenvalue weighted by atomic mass is 32.2. The molecule has 1 aliphatic rings. The van der Waals surface area contributed by atoms with Gasteiger partial charge in [-0.25, -0.2) is 4.79 Å². The molecule has 0 aliphatic carbocycles. The first kappa shape index (κ1) is 31.9. The monoisotopic (exact) mass is 604 g/mol. The van der Waals surface area contributed by atoms with Crippen LogP contribution in [-0.2, 0) is 29.1 Å². The molecular weight excluding hydrogens is 564 g/mol. The minimum Gasteiger partial charge on any atom is -0.497 e. The smallest absolute Gasteiger partial charge is 0.315 e. The van der Waals surface area contributed by atoms with Crippen LogP contribution >= 0.6 is 11.8 Å². The van der Waals surface area contributed by atoms with Gasteiger partial charge in [-0.1, -0.05) is 66.7 Å². The summed E-state index contributed by atoms with van der Waals surface area (Å²) in [4.78, 5) is 41.7. The van der Waals surface area contributed by atoms with Crippen molar-refractivity contribution in [3.63, 3.8) is 0 Å². The first-order chi connectivity index (χ1) is 20.6. The van der Waals surface area contributed by atoms with Crippen molar-refractivity contribution in [2.45, 2.75) is 63.2 Å². The van der Waals surface area contributed by atoms with Gasteiger partial charge < -0.3 is 30.7 Å². The van der Waals surface area contributed by atoms with E-state index in [1.54, 1.807) is 19.2 Å². The van der Waals surface area contributed by atoms with Crippen LogP contribution in [0.25, 0.3) is 0 Å². The Morgan fingerprint density at radius 2 is 1.63 bits per heavy atom. The number of aryl methyl sites for hydroxylation is 1. The molecule has 3 atom stereocenters. The zero-order chi connectivity index (χ0) is 31.0. The molecule has 9 nitrogen and oxygen atoms in total. The summed E-state index contributed by atoms with van der Waals surface area (Å²) in [5.74, 6) is 0.0601. The van der Waals surface area contributed by atoms with Gasteiger partial charge in [-0.15, -0.1) is 11.8 Å². The Morgan fingerprint density at radius 3 is 2.30 bits per heavy atom. The molecule has 3 unspecified atom stereocenters. The summed E-state index contributed by atoms with van der Waals surface area (Å²) in [6, 6.07) is 22.2. The van der Waals surface area contributed by atoms with Crippen LogP contribution < -0.4 is 20.7 Å². The Balaban J connectivity index is 1.47. The van der Waals surface area contributed by atoms with Crippen molar-refractivity contribution in [2.24, 2.45) is 0 Å². The minimum atomic E-state index is -1.58. The molecule has 10 heteroatoms. The summed E-state index contributed by atoms with van der Waals surface area (Å²) in [6.07, 6.45) is -1.36. The van der Waals surface area contributed by atoms with Crippen LogP contribution in [-0.4, -0.2) is 63.8 Å². The maximum absolute atomic E-state index is 13.8. The number of urea groups is 1. The number of amides is 4. The van der Waals surface area contributed by atoms with Gasteiger partial charge in [0.1, 0.15) is 11.8 Å². The van der Waals surface area contributed by atoms with E-state index in [4.69, 9.17) is 4.74 Å². The number of nitrogens with zero attached hydrogens (tertiary/aromatic N) is 1. The summed E-state index contributed by atoms with van der Waals surface area (Å²) in [5.41, 5.74) is 3.76. The van der Waals surface area contributed by atoms with Crippen molar-refractivity contribution < 1.29 is 24.2 Å². The van der Waals surface area contributed by atoms with E-state index in [1.807, 2.05) is 87.5 Å². The van der Waals surface area contributed by atoms with Crippen molar-refractivity contribution in [1.29, 1.82) is 0 Å². The van der Waals surface area contributed by atoms with Gasteiger partial charge in [-0.05, 0) is 61.6 Å². The van der Waals surface area contributed by atoms with Gasteiger partial charge in [0.25, 0.3) is 5.91 Å². The lowest BCUT2D eigenvalue weighted by atomic mass is 9.97. The maximum Gasteiger partial charge on any atom is 0.315 e. The normalized spacial score (nSPS) is 17.0.